The molecule has 0 aliphatic rings. The number of halogens is 1. The van der Waals surface area contributed by atoms with Crippen LogP contribution in [0.5, 0.6) is 0 Å². The Morgan fingerprint density at radius 1 is 1.14 bits per heavy atom. The zero-order valence-corrected chi connectivity index (χ0v) is 14.9. The van der Waals surface area contributed by atoms with Crippen LogP contribution < -0.4 is 10.9 Å². The molecule has 0 aliphatic heterocycles. The normalized spacial score (nSPS) is 10.6. The Bertz CT molecular complexity index is 1300. The van der Waals surface area contributed by atoms with Gasteiger partial charge in [0, 0.05) is 5.69 Å². The van der Waals surface area contributed by atoms with E-state index in [-0.39, 0.29) is 17.7 Å². The standard InChI is InChI=1S/C20H13FN6O2/c21-14-3-7-16(8-4-14)27-19-17(10-24-27)20(29)26(12-23-19)11-18(28)25-15-5-1-13(9-22)2-6-15/h1-8,10,12H,11H2,(H,25,28). The van der Waals surface area contributed by atoms with Gasteiger partial charge in [0.2, 0.25) is 5.91 Å². The number of hydrogen-bond donors (Lipinski definition) is 1. The lowest BCUT2D eigenvalue weighted by Gasteiger charge is -2.08. The van der Waals surface area contributed by atoms with Gasteiger partial charge in [-0.15, -0.1) is 0 Å². The Balaban J connectivity index is 1.57. The van der Waals surface area contributed by atoms with Crippen LogP contribution in [0.25, 0.3) is 16.7 Å². The van der Waals surface area contributed by atoms with Crippen molar-refractivity contribution in [2.45, 2.75) is 6.54 Å². The average molecular weight is 388 g/mol. The molecule has 0 unspecified atom stereocenters. The molecule has 4 aromatic rings. The zero-order valence-electron chi connectivity index (χ0n) is 14.9. The van der Waals surface area contributed by atoms with Gasteiger partial charge in [0.1, 0.15) is 24.1 Å². The first-order chi connectivity index (χ1) is 14.0. The molecular formula is C20H13FN6O2. The summed E-state index contributed by atoms with van der Waals surface area (Å²) >= 11 is 0. The highest BCUT2D eigenvalue weighted by molar-refractivity contribution is 5.90. The van der Waals surface area contributed by atoms with Crippen molar-refractivity contribution in [3.05, 3.63) is 82.8 Å². The highest BCUT2D eigenvalue weighted by atomic mass is 19.1. The van der Waals surface area contributed by atoms with Crippen LogP contribution in [0, 0.1) is 17.1 Å². The lowest BCUT2D eigenvalue weighted by Crippen LogP contribution is -2.27. The number of nitriles is 1. The van der Waals surface area contributed by atoms with Gasteiger partial charge in [-0.25, -0.2) is 14.1 Å². The summed E-state index contributed by atoms with van der Waals surface area (Å²) in [5.41, 5.74) is 1.44. The molecule has 0 bridgehead atoms. The van der Waals surface area contributed by atoms with Crippen molar-refractivity contribution < 1.29 is 9.18 Å². The minimum absolute atomic E-state index is 0.233. The van der Waals surface area contributed by atoms with Gasteiger partial charge in [-0.3, -0.25) is 14.2 Å². The Morgan fingerprint density at radius 3 is 2.55 bits per heavy atom. The number of rotatable bonds is 4. The molecule has 0 saturated carbocycles. The van der Waals surface area contributed by atoms with Crippen LogP contribution in [0.4, 0.5) is 10.1 Å². The van der Waals surface area contributed by atoms with Crippen LogP contribution in [0.3, 0.4) is 0 Å². The predicted molar refractivity (Wildman–Crippen MR) is 103 cm³/mol. The number of carbonyl (C=O) groups excluding carboxylic acids is 1. The largest absolute Gasteiger partial charge is 0.325 e. The zero-order chi connectivity index (χ0) is 20.4. The lowest BCUT2D eigenvalue weighted by molar-refractivity contribution is -0.116. The van der Waals surface area contributed by atoms with Gasteiger partial charge in [-0.05, 0) is 48.5 Å². The van der Waals surface area contributed by atoms with Crippen molar-refractivity contribution in [3.8, 4) is 11.8 Å². The highest BCUT2D eigenvalue weighted by Gasteiger charge is 2.13. The summed E-state index contributed by atoms with van der Waals surface area (Å²) in [6.07, 6.45) is 2.63. The molecule has 0 spiro atoms. The van der Waals surface area contributed by atoms with E-state index in [1.54, 1.807) is 24.3 Å². The maximum absolute atomic E-state index is 13.1. The number of carbonyl (C=O) groups is 1. The van der Waals surface area contributed by atoms with E-state index in [9.17, 15) is 14.0 Å². The smallest absolute Gasteiger partial charge is 0.264 e. The van der Waals surface area contributed by atoms with E-state index in [1.807, 2.05) is 6.07 Å². The van der Waals surface area contributed by atoms with Crippen molar-refractivity contribution in [2.24, 2.45) is 0 Å². The third-order valence-corrected chi connectivity index (χ3v) is 4.24. The van der Waals surface area contributed by atoms with Crippen molar-refractivity contribution in [2.75, 3.05) is 5.32 Å². The number of anilines is 1. The Kier molecular flexibility index (Phi) is 4.58. The lowest BCUT2D eigenvalue weighted by atomic mass is 10.2. The van der Waals surface area contributed by atoms with E-state index in [0.29, 0.717) is 22.6 Å². The fourth-order valence-electron chi connectivity index (χ4n) is 2.82. The van der Waals surface area contributed by atoms with E-state index >= 15 is 0 Å². The van der Waals surface area contributed by atoms with Crippen LogP contribution in [0.2, 0.25) is 0 Å². The molecule has 0 aliphatic carbocycles. The Labute approximate surface area is 163 Å². The molecular weight excluding hydrogens is 375 g/mol. The highest BCUT2D eigenvalue weighted by Crippen LogP contribution is 2.14. The maximum Gasteiger partial charge on any atom is 0.264 e. The van der Waals surface area contributed by atoms with Crippen molar-refractivity contribution in [1.82, 2.24) is 19.3 Å². The molecule has 8 nitrogen and oxygen atoms in total. The van der Waals surface area contributed by atoms with E-state index in [4.69, 9.17) is 5.26 Å². The van der Waals surface area contributed by atoms with Crippen LogP contribution in [-0.2, 0) is 11.3 Å². The summed E-state index contributed by atoms with van der Waals surface area (Å²) in [5, 5.41) is 15.9. The second kappa shape index (κ2) is 7.36. The molecule has 0 fully saturated rings. The molecule has 0 atom stereocenters. The quantitative estimate of drug-likeness (QED) is 0.577. The van der Waals surface area contributed by atoms with E-state index in [2.05, 4.69) is 15.4 Å². The number of hydrogen-bond acceptors (Lipinski definition) is 5. The second-order valence-electron chi connectivity index (χ2n) is 6.19. The summed E-state index contributed by atoms with van der Waals surface area (Å²) in [4.78, 5) is 29.2. The maximum atomic E-state index is 13.1. The van der Waals surface area contributed by atoms with Gasteiger partial charge < -0.3 is 5.32 Å². The summed E-state index contributed by atoms with van der Waals surface area (Å²) in [6, 6.07) is 14.0. The van der Waals surface area contributed by atoms with Gasteiger partial charge in [0.25, 0.3) is 5.56 Å². The van der Waals surface area contributed by atoms with Gasteiger partial charge in [-0.2, -0.15) is 10.4 Å². The first-order valence-corrected chi connectivity index (χ1v) is 8.54. The summed E-state index contributed by atoms with van der Waals surface area (Å²) in [7, 11) is 0. The average Bonchev–Trinajstić information content (AvgIpc) is 3.16. The number of amides is 1. The molecule has 142 valence electrons. The molecule has 1 N–H and O–H groups in total. The number of benzene rings is 2. The first-order valence-electron chi connectivity index (χ1n) is 8.54. The number of nitrogens with zero attached hydrogens (tertiary/aromatic N) is 5. The van der Waals surface area contributed by atoms with E-state index in [1.165, 1.54) is 46.0 Å². The van der Waals surface area contributed by atoms with Gasteiger partial charge in [0.05, 0.1) is 23.5 Å². The second-order valence-corrected chi connectivity index (χ2v) is 6.19. The number of nitrogens with one attached hydrogen (secondary N) is 1. The molecule has 2 aromatic carbocycles. The molecule has 1 amide bonds. The molecule has 2 aromatic heterocycles. The summed E-state index contributed by atoms with van der Waals surface area (Å²) in [5.74, 6) is -0.794. The van der Waals surface area contributed by atoms with Gasteiger partial charge in [-0.1, -0.05) is 0 Å². The minimum Gasteiger partial charge on any atom is -0.325 e. The monoisotopic (exact) mass is 388 g/mol. The van der Waals surface area contributed by atoms with Crippen molar-refractivity contribution in [3.63, 3.8) is 0 Å². The number of aromatic nitrogens is 4. The Hall–Kier alpha value is -4.32. The third-order valence-electron chi connectivity index (χ3n) is 4.24. The molecule has 29 heavy (non-hydrogen) atoms. The fourth-order valence-corrected chi connectivity index (χ4v) is 2.82. The van der Waals surface area contributed by atoms with Crippen molar-refractivity contribution >= 4 is 22.6 Å². The number of fused-ring (bicyclic) bond motifs is 1. The van der Waals surface area contributed by atoms with Gasteiger partial charge in [0.15, 0.2) is 5.65 Å². The SMILES string of the molecule is N#Cc1ccc(NC(=O)Cn2cnc3c(cnn3-c3ccc(F)cc3)c2=O)cc1. The predicted octanol–water partition coefficient (Wildman–Crippen LogP) is 2.23. The third kappa shape index (κ3) is 3.59. The van der Waals surface area contributed by atoms with Crippen LogP contribution >= 0.6 is 0 Å². The van der Waals surface area contributed by atoms with Crippen molar-refractivity contribution in [1.29, 1.82) is 5.26 Å². The topological polar surface area (TPSA) is 106 Å². The van der Waals surface area contributed by atoms with E-state index < -0.39 is 11.5 Å². The van der Waals surface area contributed by atoms with Crippen LogP contribution in [0.15, 0.2) is 65.8 Å². The van der Waals surface area contributed by atoms with E-state index in [0.717, 1.165) is 0 Å². The molecule has 9 heteroatoms. The fraction of sp³-hybridized carbons (Fsp3) is 0.0500. The molecule has 2 heterocycles. The minimum atomic E-state index is -0.418. The van der Waals surface area contributed by atoms with Gasteiger partial charge >= 0.3 is 0 Å². The molecule has 0 radical (unpaired) electrons. The van der Waals surface area contributed by atoms with Crippen LogP contribution in [0.1, 0.15) is 5.56 Å². The van der Waals surface area contributed by atoms with Crippen LogP contribution in [-0.4, -0.2) is 25.2 Å². The summed E-state index contributed by atoms with van der Waals surface area (Å²) in [6.45, 7) is -0.233. The first kappa shape index (κ1) is 18.1. The molecule has 0 saturated heterocycles. The Morgan fingerprint density at radius 2 is 1.86 bits per heavy atom. The molecule has 4 rings (SSSR count). The summed E-state index contributed by atoms with van der Waals surface area (Å²) < 4.78 is 15.7.